The van der Waals surface area contributed by atoms with Gasteiger partial charge in [0.25, 0.3) is 5.91 Å². The van der Waals surface area contributed by atoms with Crippen LogP contribution in [-0.2, 0) is 0 Å². The summed E-state index contributed by atoms with van der Waals surface area (Å²) in [5, 5.41) is 11.0. The molecular formula is C21H19N7O. The van der Waals surface area contributed by atoms with Crippen LogP contribution in [0.1, 0.15) is 10.5 Å². The Morgan fingerprint density at radius 1 is 0.793 bits per heavy atom. The molecule has 1 aromatic carbocycles. The molecule has 4 aromatic rings. The second kappa shape index (κ2) is 8.75. The number of carbonyl (C=O) groups excluding carboxylic acids is 1. The molecule has 0 aliphatic carbocycles. The highest BCUT2D eigenvalue weighted by molar-refractivity contribution is 6.05. The summed E-state index contributed by atoms with van der Waals surface area (Å²) in [6.45, 7) is 0.938. The van der Waals surface area contributed by atoms with Crippen LogP contribution in [0.4, 0.5) is 17.5 Å². The van der Waals surface area contributed by atoms with Gasteiger partial charge in [0, 0.05) is 36.9 Å². The van der Waals surface area contributed by atoms with Gasteiger partial charge in [-0.2, -0.15) is 0 Å². The zero-order chi connectivity index (χ0) is 19.9. The van der Waals surface area contributed by atoms with Crippen molar-refractivity contribution < 1.29 is 4.79 Å². The standard InChI is InChI=1S/C21H19N7O/c29-21(20-16-6-2-1-5-15(16)8-10-24-20)25-12-11-23-18-13-19(27-14-26-18)28-17-7-3-4-9-22-17/h1-10,13-14H,11-12H2,(H,25,29)(H2,22,23,26,27,28). The Labute approximate surface area is 167 Å². The van der Waals surface area contributed by atoms with Crippen LogP contribution in [0.25, 0.3) is 10.8 Å². The van der Waals surface area contributed by atoms with Crippen LogP contribution >= 0.6 is 0 Å². The van der Waals surface area contributed by atoms with E-state index in [9.17, 15) is 4.79 Å². The summed E-state index contributed by atoms with van der Waals surface area (Å²) < 4.78 is 0. The Morgan fingerprint density at radius 3 is 2.55 bits per heavy atom. The fourth-order valence-electron chi connectivity index (χ4n) is 2.84. The first-order chi connectivity index (χ1) is 14.3. The van der Waals surface area contributed by atoms with E-state index in [4.69, 9.17) is 0 Å². The van der Waals surface area contributed by atoms with Crippen molar-refractivity contribution in [3.05, 3.63) is 79.0 Å². The van der Waals surface area contributed by atoms with Crippen LogP contribution in [0, 0.1) is 0 Å². The lowest BCUT2D eigenvalue weighted by Gasteiger charge is -2.10. The first kappa shape index (κ1) is 18.3. The van der Waals surface area contributed by atoms with Gasteiger partial charge in [-0.05, 0) is 23.6 Å². The summed E-state index contributed by atoms with van der Waals surface area (Å²) in [5.74, 6) is 1.77. The molecule has 1 amide bonds. The summed E-state index contributed by atoms with van der Waals surface area (Å²) in [7, 11) is 0. The maximum Gasteiger partial charge on any atom is 0.270 e. The van der Waals surface area contributed by atoms with E-state index in [-0.39, 0.29) is 5.91 Å². The normalized spacial score (nSPS) is 10.5. The van der Waals surface area contributed by atoms with Gasteiger partial charge in [0.15, 0.2) is 0 Å². The molecule has 144 valence electrons. The van der Waals surface area contributed by atoms with Crippen molar-refractivity contribution >= 4 is 34.1 Å². The van der Waals surface area contributed by atoms with E-state index in [0.717, 1.165) is 10.8 Å². The quantitative estimate of drug-likeness (QED) is 0.420. The van der Waals surface area contributed by atoms with Crippen LogP contribution in [0.5, 0.6) is 0 Å². The zero-order valence-electron chi connectivity index (χ0n) is 15.5. The third kappa shape index (κ3) is 4.62. The minimum atomic E-state index is -0.205. The molecule has 3 N–H and O–H groups in total. The van der Waals surface area contributed by atoms with Crippen molar-refractivity contribution in [2.45, 2.75) is 0 Å². The molecule has 0 aliphatic rings. The van der Waals surface area contributed by atoms with E-state index >= 15 is 0 Å². The van der Waals surface area contributed by atoms with E-state index in [1.54, 1.807) is 18.5 Å². The third-order valence-corrected chi connectivity index (χ3v) is 4.19. The van der Waals surface area contributed by atoms with Crippen molar-refractivity contribution in [3.63, 3.8) is 0 Å². The predicted octanol–water partition coefficient (Wildman–Crippen LogP) is 3.01. The molecule has 0 saturated carbocycles. The Bertz CT molecular complexity index is 1110. The molecule has 3 aromatic heterocycles. The van der Waals surface area contributed by atoms with Crippen molar-refractivity contribution in [2.24, 2.45) is 0 Å². The molecule has 0 unspecified atom stereocenters. The van der Waals surface area contributed by atoms with E-state index in [0.29, 0.717) is 36.2 Å². The number of hydrogen-bond donors (Lipinski definition) is 3. The van der Waals surface area contributed by atoms with E-state index in [1.807, 2.05) is 48.5 Å². The van der Waals surface area contributed by atoms with Crippen LogP contribution in [0.3, 0.4) is 0 Å². The van der Waals surface area contributed by atoms with Crippen LogP contribution in [-0.4, -0.2) is 38.9 Å². The van der Waals surface area contributed by atoms with E-state index in [1.165, 1.54) is 6.33 Å². The molecule has 3 heterocycles. The number of nitrogens with zero attached hydrogens (tertiary/aromatic N) is 4. The number of hydrogen-bond acceptors (Lipinski definition) is 7. The van der Waals surface area contributed by atoms with Crippen LogP contribution < -0.4 is 16.0 Å². The van der Waals surface area contributed by atoms with E-state index < -0.39 is 0 Å². The Kier molecular flexibility index (Phi) is 5.52. The van der Waals surface area contributed by atoms with Gasteiger partial charge in [0.2, 0.25) is 0 Å². The number of nitrogens with one attached hydrogen (secondary N) is 3. The number of aromatic nitrogens is 4. The minimum Gasteiger partial charge on any atom is -0.368 e. The summed E-state index contributed by atoms with van der Waals surface area (Å²) in [5.41, 5.74) is 0.423. The molecule has 0 spiro atoms. The molecule has 29 heavy (non-hydrogen) atoms. The highest BCUT2D eigenvalue weighted by Gasteiger charge is 2.10. The van der Waals surface area contributed by atoms with Crippen molar-refractivity contribution in [3.8, 4) is 0 Å². The second-order valence-electron chi connectivity index (χ2n) is 6.19. The van der Waals surface area contributed by atoms with E-state index in [2.05, 4.69) is 35.9 Å². The number of anilines is 3. The van der Waals surface area contributed by atoms with Gasteiger partial charge in [-0.1, -0.05) is 30.3 Å². The number of amides is 1. The van der Waals surface area contributed by atoms with Crippen LogP contribution in [0.15, 0.2) is 73.3 Å². The highest BCUT2D eigenvalue weighted by Crippen LogP contribution is 2.16. The molecule has 8 nitrogen and oxygen atoms in total. The highest BCUT2D eigenvalue weighted by atomic mass is 16.1. The lowest BCUT2D eigenvalue weighted by atomic mass is 10.1. The zero-order valence-corrected chi connectivity index (χ0v) is 15.5. The number of rotatable bonds is 7. The summed E-state index contributed by atoms with van der Waals surface area (Å²) >= 11 is 0. The minimum absolute atomic E-state index is 0.205. The van der Waals surface area contributed by atoms with Gasteiger partial charge in [0.1, 0.15) is 29.5 Å². The SMILES string of the molecule is O=C(NCCNc1cc(Nc2ccccn2)ncn1)c1nccc2ccccc12. The van der Waals surface area contributed by atoms with Gasteiger partial charge in [-0.25, -0.2) is 15.0 Å². The van der Waals surface area contributed by atoms with Crippen molar-refractivity contribution in [1.82, 2.24) is 25.3 Å². The van der Waals surface area contributed by atoms with Gasteiger partial charge in [0.05, 0.1) is 0 Å². The lowest BCUT2D eigenvalue weighted by Crippen LogP contribution is -2.29. The first-order valence-corrected chi connectivity index (χ1v) is 9.15. The molecule has 0 atom stereocenters. The molecule has 0 bridgehead atoms. The molecule has 4 rings (SSSR count). The summed E-state index contributed by atoms with van der Waals surface area (Å²) in [6, 6.07) is 17.0. The van der Waals surface area contributed by atoms with Crippen molar-refractivity contribution in [2.75, 3.05) is 23.7 Å². The molecule has 8 heteroatoms. The number of benzene rings is 1. The first-order valence-electron chi connectivity index (χ1n) is 9.15. The Hall–Kier alpha value is -4.07. The molecule has 0 radical (unpaired) electrons. The van der Waals surface area contributed by atoms with Crippen LogP contribution in [0.2, 0.25) is 0 Å². The van der Waals surface area contributed by atoms with Gasteiger partial charge >= 0.3 is 0 Å². The topological polar surface area (TPSA) is 105 Å². The molecule has 0 saturated heterocycles. The molecule has 0 fully saturated rings. The van der Waals surface area contributed by atoms with Gasteiger partial charge in [-0.15, -0.1) is 0 Å². The fraction of sp³-hybridized carbons (Fsp3) is 0.0952. The summed E-state index contributed by atoms with van der Waals surface area (Å²) in [4.78, 5) is 29.3. The summed E-state index contributed by atoms with van der Waals surface area (Å²) in [6.07, 6.45) is 4.81. The largest absolute Gasteiger partial charge is 0.368 e. The average molecular weight is 385 g/mol. The monoisotopic (exact) mass is 385 g/mol. The Morgan fingerprint density at radius 2 is 1.66 bits per heavy atom. The molecule has 0 aliphatic heterocycles. The lowest BCUT2D eigenvalue weighted by molar-refractivity contribution is 0.0952. The average Bonchev–Trinajstić information content (AvgIpc) is 2.77. The number of fused-ring (bicyclic) bond motifs is 1. The fourth-order valence-corrected chi connectivity index (χ4v) is 2.84. The van der Waals surface area contributed by atoms with Gasteiger partial charge in [-0.3, -0.25) is 9.78 Å². The maximum atomic E-state index is 12.5. The van der Waals surface area contributed by atoms with Gasteiger partial charge < -0.3 is 16.0 Å². The number of carbonyl (C=O) groups is 1. The predicted molar refractivity (Wildman–Crippen MR) is 112 cm³/mol. The third-order valence-electron chi connectivity index (χ3n) is 4.19. The smallest absolute Gasteiger partial charge is 0.270 e. The number of pyridine rings is 2. The Balaban J connectivity index is 1.31. The maximum absolute atomic E-state index is 12.5. The second-order valence-corrected chi connectivity index (χ2v) is 6.19. The molecular weight excluding hydrogens is 366 g/mol. The van der Waals surface area contributed by atoms with Crippen molar-refractivity contribution in [1.29, 1.82) is 0 Å².